The van der Waals surface area contributed by atoms with Gasteiger partial charge in [0.15, 0.2) is 0 Å². The Kier molecular flexibility index (Phi) is 5.14. The van der Waals surface area contributed by atoms with Crippen molar-refractivity contribution in [2.24, 2.45) is 0 Å². The number of nitrogens with zero attached hydrogens (tertiary/aromatic N) is 1. The molecule has 1 saturated carbocycles. The Bertz CT molecular complexity index is 892. The van der Waals surface area contributed by atoms with E-state index in [1.807, 2.05) is 30.5 Å². The van der Waals surface area contributed by atoms with Crippen molar-refractivity contribution in [3.8, 4) is 5.75 Å². The zero-order chi connectivity index (χ0) is 17.9. The molecule has 1 aromatic heterocycles. The SMILES string of the molecule is Cc1c(OC2CCCC(NCc3cccc(Cl)c3)C2)ccc2[nH]ncc12. The first-order valence-electron chi connectivity index (χ1n) is 9.26. The van der Waals surface area contributed by atoms with Crippen LogP contribution in [0.3, 0.4) is 0 Å². The Balaban J connectivity index is 1.37. The molecule has 2 unspecified atom stereocenters. The lowest BCUT2D eigenvalue weighted by Gasteiger charge is -2.31. The van der Waals surface area contributed by atoms with Crippen LogP contribution in [-0.4, -0.2) is 22.3 Å². The quantitative estimate of drug-likeness (QED) is 0.665. The molecule has 26 heavy (non-hydrogen) atoms. The predicted molar refractivity (Wildman–Crippen MR) is 106 cm³/mol. The van der Waals surface area contributed by atoms with Gasteiger partial charge >= 0.3 is 0 Å². The Morgan fingerprint density at radius 3 is 3.08 bits per heavy atom. The molecule has 136 valence electrons. The number of hydrogen-bond acceptors (Lipinski definition) is 3. The molecule has 2 N–H and O–H groups in total. The zero-order valence-electron chi connectivity index (χ0n) is 15.0. The maximum absolute atomic E-state index is 6.36. The lowest BCUT2D eigenvalue weighted by Crippen LogP contribution is -2.37. The van der Waals surface area contributed by atoms with Gasteiger partial charge in [0.25, 0.3) is 0 Å². The van der Waals surface area contributed by atoms with Gasteiger partial charge in [0.1, 0.15) is 11.9 Å². The van der Waals surface area contributed by atoms with Crippen LogP contribution in [0.1, 0.15) is 36.8 Å². The highest BCUT2D eigenvalue weighted by Gasteiger charge is 2.23. The summed E-state index contributed by atoms with van der Waals surface area (Å²) < 4.78 is 6.36. The maximum atomic E-state index is 6.36. The molecule has 3 aromatic rings. The minimum Gasteiger partial charge on any atom is -0.490 e. The van der Waals surface area contributed by atoms with Crippen LogP contribution in [0.4, 0.5) is 0 Å². The molecule has 4 nitrogen and oxygen atoms in total. The van der Waals surface area contributed by atoms with Gasteiger partial charge in [-0.15, -0.1) is 0 Å². The van der Waals surface area contributed by atoms with Crippen molar-refractivity contribution in [3.63, 3.8) is 0 Å². The van der Waals surface area contributed by atoms with Crippen molar-refractivity contribution in [3.05, 3.63) is 58.7 Å². The number of H-pyrrole nitrogens is 1. The summed E-state index contributed by atoms with van der Waals surface area (Å²) in [5, 5.41) is 12.7. The second kappa shape index (κ2) is 7.68. The summed E-state index contributed by atoms with van der Waals surface area (Å²) in [7, 11) is 0. The van der Waals surface area contributed by atoms with Crippen molar-refractivity contribution in [1.29, 1.82) is 0 Å². The van der Waals surface area contributed by atoms with Crippen LogP contribution in [0.25, 0.3) is 10.9 Å². The van der Waals surface area contributed by atoms with Crippen molar-refractivity contribution in [2.45, 2.75) is 51.3 Å². The number of benzene rings is 2. The summed E-state index contributed by atoms with van der Waals surface area (Å²) in [6.07, 6.45) is 6.64. The monoisotopic (exact) mass is 369 g/mol. The normalized spacial score (nSPS) is 20.4. The van der Waals surface area contributed by atoms with E-state index in [0.29, 0.717) is 6.04 Å². The Labute approximate surface area is 158 Å². The highest BCUT2D eigenvalue weighted by Crippen LogP contribution is 2.30. The van der Waals surface area contributed by atoms with Gasteiger partial charge in [-0.1, -0.05) is 23.7 Å². The summed E-state index contributed by atoms with van der Waals surface area (Å²) >= 11 is 6.07. The van der Waals surface area contributed by atoms with Crippen molar-refractivity contribution < 1.29 is 4.74 Å². The molecule has 5 heteroatoms. The molecule has 0 aliphatic heterocycles. The van der Waals surface area contributed by atoms with E-state index in [0.717, 1.165) is 46.6 Å². The van der Waals surface area contributed by atoms with Crippen LogP contribution in [0.2, 0.25) is 5.02 Å². The Morgan fingerprint density at radius 1 is 1.27 bits per heavy atom. The minimum atomic E-state index is 0.253. The van der Waals surface area contributed by atoms with Gasteiger partial charge in [-0.2, -0.15) is 5.10 Å². The zero-order valence-corrected chi connectivity index (χ0v) is 15.7. The first-order valence-corrected chi connectivity index (χ1v) is 9.64. The van der Waals surface area contributed by atoms with Crippen molar-refractivity contribution >= 4 is 22.5 Å². The van der Waals surface area contributed by atoms with Crippen molar-refractivity contribution in [2.75, 3.05) is 0 Å². The minimum absolute atomic E-state index is 0.253. The largest absolute Gasteiger partial charge is 0.490 e. The topological polar surface area (TPSA) is 49.9 Å². The third-order valence-corrected chi connectivity index (χ3v) is 5.48. The third kappa shape index (κ3) is 3.87. The first kappa shape index (κ1) is 17.4. The molecular weight excluding hydrogens is 346 g/mol. The summed E-state index contributed by atoms with van der Waals surface area (Å²) in [5.41, 5.74) is 3.44. The van der Waals surface area contributed by atoms with Crippen molar-refractivity contribution in [1.82, 2.24) is 15.5 Å². The van der Waals surface area contributed by atoms with E-state index >= 15 is 0 Å². The molecule has 1 aliphatic carbocycles. The Morgan fingerprint density at radius 2 is 2.19 bits per heavy atom. The van der Waals surface area contributed by atoms with Crippen LogP contribution in [-0.2, 0) is 6.54 Å². The molecule has 1 aliphatic rings. The standard InChI is InChI=1S/C21H24ClN3O/c1-14-19-13-24-25-20(19)8-9-21(14)26-18-7-3-6-17(11-18)23-12-15-4-2-5-16(22)10-15/h2,4-5,8-10,13,17-18,23H,3,6-7,11-12H2,1H3,(H,24,25). The van der Waals surface area contributed by atoms with E-state index in [-0.39, 0.29) is 6.10 Å². The number of ether oxygens (including phenoxy) is 1. The van der Waals surface area contributed by atoms with E-state index < -0.39 is 0 Å². The van der Waals surface area contributed by atoms with E-state index in [1.54, 1.807) is 0 Å². The molecule has 0 saturated heterocycles. The van der Waals surface area contributed by atoms with Crippen LogP contribution in [0, 0.1) is 6.92 Å². The highest BCUT2D eigenvalue weighted by atomic mass is 35.5. The molecule has 0 spiro atoms. The molecule has 1 fully saturated rings. The number of aromatic amines is 1. The summed E-state index contributed by atoms with van der Waals surface area (Å²) in [6.45, 7) is 2.95. The molecule has 4 rings (SSSR count). The number of aryl methyl sites for hydroxylation is 1. The van der Waals surface area contributed by atoms with Gasteiger partial charge in [0.05, 0.1) is 11.7 Å². The number of halogens is 1. The first-order chi connectivity index (χ1) is 12.7. The molecule has 0 radical (unpaired) electrons. The number of nitrogens with one attached hydrogen (secondary N) is 2. The van der Waals surface area contributed by atoms with Gasteiger partial charge in [-0.25, -0.2) is 0 Å². The van der Waals surface area contributed by atoms with E-state index in [2.05, 4.69) is 34.6 Å². The second-order valence-electron chi connectivity index (χ2n) is 7.13. The van der Waals surface area contributed by atoms with Gasteiger partial charge in [-0.3, -0.25) is 5.10 Å². The lowest BCUT2D eigenvalue weighted by atomic mass is 9.92. The lowest BCUT2D eigenvalue weighted by molar-refractivity contribution is 0.133. The number of fused-ring (bicyclic) bond motifs is 1. The fourth-order valence-electron chi connectivity index (χ4n) is 3.79. The van der Waals surface area contributed by atoms with E-state index in [4.69, 9.17) is 16.3 Å². The van der Waals surface area contributed by atoms with Crippen LogP contribution in [0.5, 0.6) is 5.75 Å². The number of rotatable bonds is 5. The molecular formula is C21H24ClN3O. The smallest absolute Gasteiger partial charge is 0.123 e. The fraction of sp³-hybridized carbons (Fsp3) is 0.381. The predicted octanol–water partition coefficient (Wildman–Crippen LogP) is 5.00. The van der Waals surface area contributed by atoms with Crippen LogP contribution >= 0.6 is 11.6 Å². The highest BCUT2D eigenvalue weighted by molar-refractivity contribution is 6.30. The molecule has 2 atom stereocenters. The van der Waals surface area contributed by atoms with E-state index in [9.17, 15) is 0 Å². The molecule has 0 bridgehead atoms. The van der Waals surface area contributed by atoms with Gasteiger partial charge in [0.2, 0.25) is 0 Å². The molecule has 2 aromatic carbocycles. The molecule has 0 amide bonds. The van der Waals surface area contributed by atoms with Crippen LogP contribution in [0.15, 0.2) is 42.6 Å². The second-order valence-corrected chi connectivity index (χ2v) is 7.57. The summed E-state index contributed by atoms with van der Waals surface area (Å²) in [4.78, 5) is 0. The van der Waals surface area contributed by atoms with Gasteiger partial charge in [-0.05, 0) is 62.4 Å². The maximum Gasteiger partial charge on any atom is 0.123 e. The summed E-state index contributed by atoms with van der Waals surface area (Å²) in [6, 6.07) is 12.6. The summed E-state index contributed by atoms with van der Waals surface area (Å²) in [5.74, 6) is 0.972. The van der Waals surface area contributed by atoms with Gasteiger partial charge in [0, 0.05) is 28.6 Å². The van der Waals surface area contributed by atoms with Crippen LogP contribution < -0.4 is 10.1 Å². The average Bonchev–Trinajstić information content (AvgIpc) is 3.12. The molecule has 1 heterocycles. The average molecular weight is 370 g/mol. The third-order valence-electron chi connectivity index (χ3n) is 5.25. The fourth-order valence-corrected chi connectivity index (χ4v) is 4.01. The van der Waals surface area contributed by atoms with E-state index in [1.165, 1.54) is 18.4 Å². The van der Waals surface area contributed by atoms with Gasteiger partial charge < -0.3 is 10.1 Å². The number of aromatic nitrogens is 2. The number of hydrogen-bond donors (Lipinski definition) is 2. The Hall–Kier alpha value is -2.04.